The molecule has 0 spiro atoms. The molecule has 0 amide bonds. The molecule has 0 aliphatic heterocycles. The lowest BCUT2D eigenvalue weighted by Gasteiger charge is -2.03. The van der Waals surface area contributed by atoms with Crippen LogP contribution in [0.4, 0.5) is 4.39 Å². The molecule has 4 heteroatoms. The van der Waals surface area contributed by atoms with Crippen LogP contribution in [0.15, 0.2) is 36.7 Å². The lowest BCUT2D eigenvalue weighted by molar-refractivity contribution is 0.628. The molecule has 0 aliphatic rings. The first kappa shape index (κ1) is 9.41. The quantitative estimate of drug-likeness (QED) is 0.747. The Morgan fingerprint density at radius 1 is 1.40 bits per heavy atom. The van der Waals surface area contributed by atoms with Crippen molar-refractivity contribution >= 4 is 0 Å². The Morgan fingerprint density at radius 3 is 2.93 bits per heavy atom. The lowest BCUT2D eigenvalue weighted by Crippen LogP contribution is -1.98. The summed E-state index contributed by atoms with van der Waals surface area (Å²) >= 11 is 0. The van der Waals surface area contributed by atoms with Gasteiger partial charge >= 0.3 is 0 Å². The van der Waals surface area contributed by atoms with Crippen LogP contribution >= 0.6 is 0 Å². The Hall–Kier alpha value is -2.15. The molecule has 2 rings (SSSR count). The van der Waals surface area contributed by atoms with Gasteiger partial charge in [-0.2, -0.15) is 5.26 Å². The van der Waals surface area contributed by atoms with E-state index in [2.05, 4.69) is 4.98 Å². The van der Waals surface area contributed by atoms with E-state index in [9.17, 15) is 4.39 Å². The van der Waals surface area contributed by atoms with Gasteiger partial charge in [0, 0.05) is 12.4 Å². The molecule has 2 aromatic rings. The first-order valence-electron chi connectivity index (χ1n) is 4.46. The number of nitrogens with zero attached hydrogens (tertiary/aromatic N) is 3. The highest BCUT2D eigenvalue weighted by molar-refractivity contribution is 5.56. The Morgan fingerprint density at radius 2 is 2.20 bits per heavy atom. The fourth-order valence-corrected chi connectivity index (χ4v) is 1.40. The molecule has 0 fully saturated rings. The summed E-state index contributed by atoms with van der Waals surface area (Å²) in [6.07, 6.45) is 3.21. The molecular formula is C11H8FN3. The molecule has 1 heterocycles. The Balaban J connectivity index is 2.51. The van der Waals surface area contributed by atoms with Crippen molar-refractivity contribution in [1.82, 2.24) is 9.55 Å². The number of hydrogen-bond acceptors (Lipinski definition) is 2. The van der Waals surface area contributed by atoms with E-state index in [0.29, 0.717) is 11.4 Å². The zero-order valence-electron chi connectivity index (χ0n) is 7.89. The first-order valence-corrected chi connectivity index (χ1v) is 4.46. The van der Waals surface area contributed by atoms with E-state index in [1.807, 2.05) is 6.07 Å². The van der Waals surface area contributed by atoms with E-state index in [1.165, 1.54) is 6.07 Å². The molecule has 74 valence electrons. The molecule has 0 saturated heterocycles. The Labute approximate surface area is 86.4 Å². The smallest absolute Gasteiger partial charge is 0.143 e. The fourth-order valence-electron chi connectivity index (χ4n) is 1.40. The number of benzene rings is 1. The van der Waals surface area contributed by atoms with Crippen LogP contribution in [0, 0.1) is 17.1 Å². The van der Waals surface area contributed by atoms with Gasteiger partial charge in [-0.1, -0.05) is 12.1 Å². The third-order valence-electron chi connectivity index (χ3n) is 2.07. The summed E-state index contributed by atoms with van der Waals surface area (Å²) in [5.74, 6) is 0.150. The van der Waals surface area contributed by atoms with Gasteiger partial charge in [-0.3, -0.25) is 0 Å². The van der Waals surface area contributed by atoms with Crippen LogP contribution in [0.1, 0.15) is 0 Å². The molecule has 1 aromatic carbocycles. The van der Waals surface area contributed by atoms with E-state index in [-0.39, 0.29) is 12.4 Å². The van der Waals surface area contributed by atoms with Gasteiger partial charge in [0.15, 0.2) is 0 Å². The number of nitriles is 1. The monoisotopic (exact) mass is 201 g/mol. The van der Waals surface area contributed by atoms with Crippen molar-refractivity contribution in [2.45, 2.75) is 6.54 Å². The summed E-state index contributed by atoms with van der Waals surface area (Å²) in [5, 5.41) is 8.59. The maximum atomic E-state index is 13.4. The van der Waals surface area contributed by atoms with Crippen LogP contribution in [0.3, 0.4) is 0 Å². The minimum absolute atomic E-state index is 0.170. The van der Waals surface area contributed by atoms with Crippen molar-refractivity contribution in [1.29, 1.82) is 5.26 Å². The summed E-state index contributed by atoms with van der Waals surface area (Å²) in [6.45, 7) is 0.170. The standard InChI is InChI=1S/C11H8FN3/c12-10-4-2-1-3-9(10)11-14-6-8-15(11)7-5-13/h1-4,6,8H,7H2. The van der Waals surface area contributed by atoms with Crippen LogP contribution in [-0.4, -0.2) is 9.55 Å². The number of imidazole rings is 1. The van der Waals surface area contributed by atoms with Gasteiger partial charge in [0.2, 0.25) is 0 Å². The van der Waals surface area contributed by atoms with Crippen molar-refractivity contribution < 1.29 is 4.39 Å². The number of hydrogen-bond donors (Lipinski definition) is 0. The van der Waals surface area contributed by atoms with Crippen molar-refractivity contribution in [2.75, 3.05) is 0 Å². The van der Waals surface area contributed by atoms with Gasteiger partial charge in [0.1, 0.15) is 18.2 Å². The normalized spacial score (nSPS) is 9.87. The molecule has 15 heavy (non-hydrogen) atoms. The molecule has 0 radical (unpaired) electrons. The lowest BCUT2D eigenvalue weighted by atomic mass is 10.2. The summed E-state index contributed by atoms with van der Waals surface area (Å²) in [6, 6.07) is 8.38. The molecule has 0 aliphatic carbocycles. The second-order valence-electron chi connectivity index (χ2n) is 3.02. The fraction of sp³-hybridized carbons (Fsp3) is 0.0909. The van der Waals surface area contributed by atoms with E-state index in [4.69, 9.17) is 5.26 Å². The van der Waals surface area contributed by atoms with Crippen molar-refractivity contribution in [3.63, 3.8) is 0 Å². The Bertz CT molecular complexity index is 511. The molecule has 1 aromatic heterocycles. The van der Waals surface area contributed by atoms with Crippen LogP contribution in [0.2, 0.25) is 0 Å². The molecule has 3 nitrogen and oxygen atoms in total. The highest BCUT2D eigenvalue weighted by atomic mass is 19.1. The van der Waals surface area contributed by atoms with Gasteiger partial charge in [0.25, 0.3) is 0 Å². The second kappa shape index (κ2) is 3.93. The van der Waals surface area contributed by atoms with Crippen LogP contribution in [0.5, 0.6) is 0 Å². The average molecular weight is 201 g/mol. The first-order chi connectivity index (χ1) is 7.33. The molecule has 0 atom stereocenters. The minimum Gasteiger partial charge on any atom is -0.317 e. The third kappa shape index (κ3) is 1.72. The van der Waals surface area contributed by atoms with Gasteiger partial charge in [-0.25, -0.2) is 9.37 Å². The number of aromatic nitrogens is 2. The van der Waals surface area contributed by atoms with Crippen molar-refractivity contribution in [3.8, 4) is 17.5 Å². The third-order valence-corrected chi connectivity index (χ3v) is 2.07. The van der Waals surface area contributed by atoms with E-state index in [1.54, 1.807) is 35.2 Å². The van der Waals surface area contributed by atoms with Crippen LogP contribution in [-0.2, 0) is 6.54 Å². The highest BCUT2D eigenvalue weighted by Gasteiger charge is 2.09. The minimum atomic E-state index is -0.331. The Kier molecular flexibility index (Phi) is 2.46. The predicted molar refractivity (Wildman–Crippen MR) is 53.2 cm³/mol. The van der Waals surface area contributed by atoms with E-state index >= 15 is 0 Å². The molecule has 0 N–H and O–H groups in total. The number of halogens is 1. The summed E-state index contributed by atoms with van der Waals surface area (Å²) in [4.78, 5) is 4.04. The predicted octanol–water partition coefficient (Wildman–Crippen LogP) is 2.21. The van der Waals surface area contributed by atoms with E-state index < -0.39 is 0 Å². The van der Waals surface area contributed by atoms with Crippen molar-refractivity contribution in [3.05, 3.63) is 42.5 Å². The molecular weight excluding hydrogens is 193 g/mol. The maximum Gasteiger partial charge on any atom is 0.143 e. The zero-order chi connectivity index (χ0) is 10.7. The zero-order valence-corrected chi connectivity index (χ0v) is 7.89. The largest absolute Gasteiger partial charge is 0.317 e. The summed E-state index contributed by atoms with van der Waals surface area (Å²) < 4.78 is 15.0. The van der Waals surface area contributed by atoms with Gasteiger partial charge < -0.3 is 4.57 Å². The summed E-state index contributed by atoms with van der Waals surface area (Å²) in [5.41, 5.74) is 0.415. The molecule has 0 unspecified atom stereocenters. The summed E-state index contributed by atoms with van der Waals surface area (Å²) in [7, 11) is 0. The van der Waals surface area contributed by atoms with Gasteiger partial charge in [-0.15, -0.1) is 0 Å². The SMILES string of the molecule is N#CCn1ccnc1-c1ccccc1F. The maximum absolute atomic E-state index is 13.4. The highest BCUT2D eigenvalue weighted by Crippen LogP contribution is 2.20. The van der Waals surface area contributed by atoms with E-state index in [0.717, 1.165) is 0 Å². The van der Waals surface area contributed by atoms with Gasteiger partial charge in [-0.05, 0) is 12.1 Å². The van der Waals surface area contributed by atoms with Crippen LogP contribution in [0.25, 0.3) is 11.4 Å². The molecule has 0 bridgehead atoms. The topological polar surface area (TPSA) is 41.6 Å². The van der Waals surface area contributed by atoms with Gasteiger partial charge in [0.05, 0.1) is 11.6 Å². The van der Waals surface area contributed by atoms with Crippen molar-refractivity contribution in [2.24, 2.45) is 0 Å². The second-order valence-corrected chi connectivity index (χ2v) is 3.02. The number of rotatable bonds is 2. The van der Waals surface area contributed by atoms with Crippen LogP contribution < -0.4 is 0 Å². The average Bonchev–Trinajstić information content (AvgIpc) is 2.67. The molecule has 0 saturated carbocycles.